The Kier molecular flexibility index (Phi) is 11.4. The zero-order valence-electron chi connectivity index (χ0n) is 22.3. The maximum absolute atomic E-state index is 12.7. The first kappa shape index (κ1) is 35.7. The van der Waals surface area contributed by atoms with E-state index in [1.54, 1.807) is 0 Å². The summed E-state index contributed by atoms with van der Waals surface area (Å²) in [5, 5.41) is 51.7. The van der Waals surface area contributed by atoms with Gasteiger partial charge in [-0.1, -0.05) is 0 Å². The molecule has 0 aliphatic carbocycles. The number of carbonyl (C=O) groups excluding carboxylic acids is 1. The molecule has 248 valence electrons. The number of phosphoric ester groups is 2. The van der Waals surface area contributed by atoms with Crippen LogP contribution in [0.25, 0.3) is 0 Å². The molecule has 2 aliphatic heterocycles. The smallest absolute Gasteiger partial charge is 0.478 e. The minimum absolute atomic E-state index is 0.703. The number of carboxylic acids is 1. The van der Waals surface area contributed by atoms with Gasteiger partial charge < -0.3 is 54.8 Å². The molecule has 24 heteroatoms. The molecular weight excluding hydrogens is 648 g/mol. The minimum Gasteiger partial charge on any atom is -0.478 e. The van der Waals surface area contributed by atoms with E-state index < -0.39 is 113 Å². The van der Waals surface area contributed by atoms with Crippen molar-refractivity contribution in [2.45, 2.75) is 62.1 Å². The van der Waals surface area contributed by atoms with Crippen LogP contribution in [0, 0.1) is 0 Å². The summed E-state index contributed by atoms with van der Waals surface area (Å²) in [4.78, 5) is 68.4. The number of aromatic nitrogens is 2. The number of hydrogen-bond acceptors (Lipinski definition) is 16. The van der Waals surface area contributed by atoms with Gasteiger partial charge in [0.15, 0.2) is 24.4 Å². The Bertz CT molecular complexity index is 1450. The average Bonchev–Trinajstić information content (AvgIpc) is 3.18. The van der Waals surface area contributed by atoms with E-state index in [9.17, 15) is 58.5 Å². The van der Waals surface area contributed by atoms with Crippen molar-refractivity contribution in [1.29, 1.82) is 0 Å². The Morgan fingerprint density at radius 2 is 1.75 bits per heavy atom. The lowest BCUT2D eigenvalue weighted by atomic mass is 9.96. The lowest BCUT2D eigenvalue weighted by molar-refractivity contribution is -0.251. The van der Waals surface area contributed by atoms with E-state index in [-0.39, 0.29) is 0 Å². The number of carboxylic acid groups (broad SMARTS) is 1. The molecule has 22 nitrogen and oxygen atoms in total. The van der Waals surface area contributed by atoms with Crippen molar-refractivity contribution in [3.05, 3.63) is 45.4 Å². The Morgan fingerprint density at radius 1 is 1.09 bits per heavy atom. The molecule has 11 atom stereocenters. The first-order valence-electron chi connectivity index (χ1n) is 12.2. The maximum atomic E-state index is 12.7. The van der Waals surface area contributed by atoms with Gasteiger partial charge in [-0.2, -0.15) is 4.31 Å². The zero-order chi connectivity index (χ0) is 33.1. The number of aliphatic carboxylic acids is 1. The average molecular weight is 677 g/mol. The van der Waals surface area contributed by atoms with Crippen molar-refractivity contribution in [2.24, 2.45) is 0 Å². The van der Waals surface area contributed by atoms with Crippen molar-refractivity contribution in [2.75, 3.05) is 13.2 Å². The molecule has 0 spiro atoms. The van der Waals surface area contributed by atoms with Gasteiger partial charge in [-0.05, 0) is 6.58 Å². The monoisotopic (exact) mass is 677 g/mol. The molecule has 0 aromatic carbocycles. The number of rotatable bonds is 13. The second-order valence-electron chi connectivity index (χ2n) is 9.24. The number of carbonyl (C=O) groups is 2. The van der Waals surface area contributed by atoms with Crippen molar-refractivity contribution >= 4 is 27.5 Å². The van der Waals surface area contributed by atoms with Crippen LogP contribution in [0.1, 0.15) is 13.2 Å². The molecule has 2 fully saturated rings. The first-order valence-corrected chi connectivity index (χ1v) is 15.2. The summed E-state index contributed by atoms with van der Waals surface area (Å²) in [6.45, 7) is 1.98. The Labute approximate surface area is 245 Å². The third-order valence-electron chi connectivity index (χ3n) is 6.05. The number of aromatic amines is 1. The number of ether oxygens (including phenoxy) is 3. The highest BCUT2D eigenvalue weighted by atomic mass is 31.3. The van der Waals surface area contributed by atoms with Crippen LogP contribution in [0.3, 0.4) is 0 Å². The highest BCUT2D eigenvalue weighted by Crippen LogP contribution is 2.61. The molecule has 9 N–H and O–H groups in total. The Hall–Kier alpha value is -2.82. The van der Waals surface area contributed by atoms with Gasteiger partial charge in [0, 0.05) is 19.2 Å². The summed E-state index contributed by atoms with van der Waals surface area (Å²) in [7, 11) is -11.4. The first-order chi connectivity index (χ1) is 20.4. The van der Waals surface area contributed by atoms with Gasteiger partial charge in [-0.25, -0.2) is 18.7 Å². The van der Waals surface area contributed by atoms with E-state index in [0.29, 0.717) is 4.57 Å². The molecule has 0 radical (unpaired) electrons. The van der Waals surface area contributed by atoms with Crippen LogP contribution in [0.15, 0.2) is 34.2 Å². The topological polar surface area (TPSA) is 332 Å². The fourth-order valence-electron chi connectivity index (χ4n) is 4.10. The van der Waals surface area contributed by atoms with Crippen molar-refractivity contribution in [3.63, 3.8) is 0 Å². The molecule has 3 heterocycles. The number of H-pyrrole nitrogens is 1. The fourth-order valence-corrected chi connectivity index (χ4v) is 6.26. The van der Waals surface area contributed by atoms with Crippen LogP contribution in [0.4, 0.5) is 0 Å². The van der Waals surface area contributed by atoms with Crippen LogP contribution in [-0.4, -0.2) is 119 Å². The number of aliphatic hydroxyl groups is 4. The largest absolute Gasteiger partial charge is 0.483 e. The van der Waals surface area contributed by atoms with Gasteiger partial charge in [0.1, 0.15) is 36.6 Å². The summed E-state index contributed by atoms with van der Waals surface area (Å²) in [5.41, 5.74) is -1.80. The summed E-state index contributed by atoms with van der Waals surface area (Å²) >= 11 is 0. The van der Waals surface area contributed by atoms with E-state index in [0.717, 1.165) is 19.2 Å². The number of hydrogen-bond donors (Lipinski definition) is 9. The second kappa shape index (κ2) is 14.1. The predicted molar refractivity (Wildman–Crippen MR) is 136 cm³/mol. The summed E-state index contributed by atoms with van der Waals surface area (Å²) in [6, 6.07) is -0.893. The molecule has 0 saturated carbocycles. The van der Waals surface area contributed by atoms with Gasteiger partial charge in [0.05, 0.1) is 13.2 Å². The molecule has 2 saturated heterocycles. The third kappa shape index (κ3) is 8.67. The number of nitrogens with one attached hydrogen (secondary N) is 2. The Morgan fingerprint density at radius 3 is 2.32 bits per heavy atom. The molecule has 11 unspecified atom stereocenters. The fraction of sp³-hybridized carbons (Fsp3) is 0.600. The molecular formula is C20H29N3O19P2. The van der Waals surface area contributed by atoms with Gasteiger partial charge in [0.25, 0.3) is 5.56 Å². The second-order valence-corrected chi connectivity index (χ2v) is 12.2. The van der Waals surface area contributed by atoms with E-state index in [1.165, 1.54) is 0 Å². The third-order valence-corrected chi connectivity index (χ3v) is 8.65. The zero-order valence-corrected chi connectivity index (χ0v) is 24.1. The molecule has 1 aromatic heterocycles. The van der Waals surface area contributed by atoms with E-state index >= 15 is 0 Å². The quantitative estimate of drug-likeness (QED) is 0.0545. The highest BCUT2D eigenvalue weighted by molar-refractivity contribution is 7.61. The van der Waals surface area contributed by atoms with Crippen molar-refractivity contribution in [1.82, 2.24) is 14.9 Å². The summed E-state index contributed by atoms with van der Waals surface area (Å²) < 4.78 is 55.0. The molecule has 44 heavy (non-hydrogen) atoms. The van der Waals surface area contributed by atoms with Crippen molar-refractivity contribution in [3.8, 4) is 0 Å². The normalized spacial score (nSPS) is 33.1. The highest BCUT2D eigenvalue weighted by Gasteiger charge is 2.52. The molecule has 3 rings (SSSR count). The number of nitrogens with zero attached hydrogens (tertiary/aromatic N) is 1. The summed E-state index contributed by atoms with van der Waals surface area (Å²) in [5.74, 6) is -3.52. The van der Waals surface area contributed by atoms with Crippen LogP contribution < -0.4 is 16.6 Å². The minimum atomic E-state index is -5.76. The standard InChI is InChI=1S/C20H29N3O19P2/c1-7(18(30)31)38-16-12(21-8(2)25)19(40-9(5-24)14(16)28)41-44(35,36)42-43(33,34)37-6-10-13(27)15(29)17(39-10)23-4-3-11(26)22-20(23)32/h3-4,9-10,12-17,19,24,27-29H,1,5-6H2,2H3,(H,21,25)(H,30,31)(H,33,34)(H,35,36)(H,22,26,32). The van der Waals surface area contributed by atoms with Crippen molar-refractivity contribution < 1.29 is 81.6 Å². The lowest BCUT2D eigenvalue weighted by Gasteiger charge is -2.43. The molecule has 1 amide bonds. The van der Waals surface area contributed by atoms with Crippen LogP contribution in [0.2, 0.25) is 0 Å². The van der Waals surface area contributed by atoms with Crippen LogP contribution >= 0.6 is 15.6 Å². The lowest BCUT2D eigenvalue weighted by Crippen LogP contribution is -2.65. The summed E-state index contributed by atoms with van der Waals surface area (Å²) in [6.07, 6.45) is -13.5. The number of amides is 1. The van der Waals surface area contributed by atoms with Crippen LogP contribution in [-0.2, 0) is 46.3 Å². The van der Waals surface area contributed by atoms with Gasteiger partial charge in [0.2, 0.25) is 5.91 Å². The number of phosphoric acid groups is 2. The van der Waals surface area contributed by atoms with Crippen LogP contribution in [0.5, 0.6) is 0 Å². The SMILES string of the molecule is C=C(OC1C(O)C(CO)OC(OP(=O)(O)OP(=O)(O)OCC2OC(n3ccc(=O)[nH]c3=O)C(O)C2O)C1NC(C)=O)C(=O)O. The Balaban J connectivity index is 1.72. The van der Waals surface area contributed by atoms with Gasteiger partial charge in [-0.3, -0.25) is 28.2 Å². The maximum Gasteiger partial charge on any atom is 0.483 e. The molecule has 2 aliphatic rings. The molecule has 0 bridgehead atoms. The number of aliphatic hydroxyl groups excluding tert-OH is 4. The van der Waals surface area contributed by atoms with E-state index in [4.69, 9.17) is 23.8 Å². The van der Waals surface area contributed by atoms with E-state index in [2.05, 4.69) is 20.7 Å². The predicted octanol–water partition coefficient (Wildman–Crippen LogP) is -4.03. The molecule has 1 aromatic rings. The van der Waals surface area contributed by atoms with Gasteiger partial charge in [-0.15, -0.1) is 0 Å². The van der Waals surface area contributed by atoms with E-state index in [1.807, 2.05) is 4.98 Å². The van der Waals surface area contributed by atoms with Gasteiger partial charge >= 0.3 is 27.3 Å².